The second kappa shape index (κ2) is 8.09. The van der Waals surface area contributed by atoms with Gasteiger partial charge in [-0.3, -0.25) is 4.90 Å². The van der Waals surface area contributed by atoms with E-state index in [4.69, 9.17) is 16.3 Å². The van der Waals surface area contributed by atoms with Gasteiger partial charge in [0, 0.05) is 16.8 Å². The Kier molecular flexibility index (Phi) is 5.08. The average Bonchev–Trinajstić information content (AvgIpc) is 3.38. The zero-order valence-corrected chi connectivity index (χ0v) is 19.2. The van der Waals surface area contributed by atoms with Crippen LogP contribution in [0.15, 0.2) is 66.7 Å². The highest BCUT2D eigenvalue weighted by Crippen LogP contribution is 2.45. The summed E-state index contributed by atoms with van der Waals surface area (Å²) in [4.78, 5) is 16.5. The zero-order valence-electron chi connectivity index (χ0n) is 17.7. The maximum atomic E-state index is 13.3. The lowest BCUT2D eigenvalue weighted by Crippen LogP contribution is -2.51. The summed E-state index contributed by atoms with van der Waals surface area (Å²) in [5.41, 5.74) is 6.32. The van der Waals surface area contributed by atoms with Gasteiger partial charge in [-0.05, 0) is 65.6 Å². The van der Waals surface area contributed by atoms with Gasteiger partial charge in [0.05, 0.1) is 10.4 Å². The first-order chi connectivity index (χ1) is 15.7. The molecule has 1 saturated heterocycles. The van der Waals surface area contributed by atoms with Crippen LogP contribution >= 0.6 is 22.9 Å². The van der Waals surface area contributed by atoms with Crippen molar-refractivity contribution in [1.82, 2.24) is 4.90 Å². The molecule has 2 bridgehead atoms. The van der Waals surface area contributed by atoms with Crippen molar-refractivity contribution >= 4 is 34.6 Å². The molecule has 2 aliphatic heterocycles. The second-order valence-electron chi connectivity index (χ2n) is 8.86. The summed E-state index contributed by atoms with van der Waals surface area (Å²) in [5.74, 6) is 0.0929. The first kappa shape index (κ1) is 20.1. The van der Waals surface area contributed by atoms with Crippen molar-refractivity contribution in [1.29, 1.82) is 0 Å². The molecule has 1 aliphatic carbocycles. The predicted octanol–water partition coefficient (Wildman–Crippen LogP) is 7.36. The van der Waals surface area contributed by atoms with Crippen molar-refractivity contribution in [3.05, 3.63) is 87.1 Å². The number of hydrogen-bond acceptors (Lipinski definition) is 3. The van der Waals surface area contributed by atoms with Crippen LogP contribution in [0.25, 0.3) is 16.7 Å². The van der Waals surface area contributed by atoms with Gasteiger partial charge in [0.15, 0.2) is 0 Å². The largest absolute Gasteiger partial charge is 0.448 e. The molecule has 3 aliphatic rings. The lowest BCUT2D eigenvalue weighted by atomic mass is 9.85. The molecule has 3 nitrogen and oxygen atoms in total. The van der Waals surface area contributed by atoms with Crippen LogP contribution in [0.2, 0.25) is 4.34 Å². The highest BCUT2D eigenvalue weighted by Gasteiger charge is 2.39. The van der Waals surface area contributed by atoms with Gasteiger partial charge in [0.1, 0.15) is 6.61 Å². The van der Waals surface area contributed by atoms with E-state index in [2.05, 4.69) is 60.7 Å². The fourth-order valence-electron chi connectivity index (χ4n) is 5.65. The molecular weight excluding hydrogens is 438 g/mol. The van der Waals surface area contributed by atoms with E-state index in [1.807, 2.05) is 11.0 Å². The molecular formula is C27H24ClNO2S. The van der Waals surface area contributed by atoms with Crippen molar-refractivity contribution in [3.63, 3.8) is 0 Å². The number of amides is 1. The van der Waals surface area contributed by atoms with Gasteiger partial charge in [-0.15, -0.1) is 11.3 Å². The molecule has 2 unspecified atom stereocenters. The van der Waals surface area contributed by atoms with E-state index in [0.29, 0.717) is 6.61 Å². The van der Waals surface area contributed by atoms with Gasteiger partial charge in [-0.1, -0.05) is 66.2 Å². The first-order valence-electron chi connectivity index (χ1n) is 11.3. The number of ether oxygens (including phenoxy) is 1. The molecule has 32 heavy (non-hydrogen) atoms. The molecule has 1 amide bonds. The minimum absolute atomic E-state index is 0.0929. The van der Waals surface area contributed by atoms with Gasteiger partial charge in [0.2, 0.25) is 0 Å². The Hall–Kier alpha value is -2.56. The monoisotopic (exact) mass is 461 g/mol. The Balaban J connectivity index is 1.22. The van der Waals surface area contributed by atoms with Crippen LogP contribution in [-0.2, 0) is 4.74 Å². The van der Waals surface area contributed by atoms with E-state index in [1.165, 1.54) is 32.7 Å². The third kappa shape index (κ3) is 3.37. The first-order valence-corrected chi connectivity index (χ1v) is 12.5. The zero-order chi connectivity index (χ0) is 21.7. The maximum absolute atomic E-state index is 13.3. The number of piperidine rings is 1. The van der Waals surface area contributed by atoms with Crippen LogP contribution < -0.4 is 0 Å². The molecule has 1 aromatic heterocycles. The second-order valence-corrected chi connectivity index (χ2v) is 10.6. The number of halogens is 1. The maximum Gasteiger partial charge on any atom is 0.410 e. The van der Waals surface area contributed by atoms with E-state index in [0.717, 1.165) is 30.0 Å². The van der Waals surface area contributed by atoms with Crippen molar-refractivity contribution in [2.45, 2.75) is 43.7 Å². The molecule has 2 aromatic carbocycles. The Morgan fingerprint density at radius 1 is 1.00 bits per heavy atom. The molecule has 0 saturated carbocycles. The molecule has 0 N–H and O–H groups in total. The summed E-state index contributed by atoms with van der Waals surface area (Å²) >= 11 is 7.78. The highest BCUT2D eigenvalue weighted by atomic mass is 35.5. The third-order valence-corrected chi connectivity index (χ3v) is 8.38. The van der Waals surface area contributed by atoms with Crippen molar-refractivity contribution in [2.75, 3.05) is 6.61 Å². The molecule has 3 heterocycles. The predicted molar refractivity (Wildman–Crippen MR) is 130 cm³/mol. The number of rotatable bonds is 3. The van der Waals surface area contributed by atoms with Gasteiger partial charge < -0.3 is 4.74 Å². The smallest absolute Gasteiger partial charge is 0.410 e. The molecule has 0 spiro atoms. The number of carbonyl (C=O) groups is 1. The van der Waals surface area contributed by atoms with Gasteiger partial charge in [-0.2, -0.15) is 0 Å². The Morgan fingerprint density at radius 2 is 1.72 bits per heavy atom. The van der Waals surface area contributed by atoms with Gasteiger partial charge in [0.25, 0.3) is 0 Å². The summed E-state index contributed by atoms with van der Waals surface area (Å²) in [6, 6.07) is 21.3. The van der Waals surface area contributed by atoms with E-state index >= 15 is 0 Å². The summed E-state index contributed by atoms with van der Waals surface area (Å²) in [7, 11) is 0. The average molecular weight is 462 g/mol. The summed E-state index contributed by atoms with van der Waals surface area (Å²) in [6.07, 6.45) is 6.12. The summed E-state index contributed by atoms with van der Waals surface area (Å²) in [6.45, 7) is 0.375. The minimum atomic E-state index is -0.180. The Morgan fingerprint density at radius 3 is 2.38 bits per heavy atom. The standard InChI is InChI=1S/C27H24ClNO2S/c28-26-13-12-25(32-26)17-14-18-6-5-7-19(15-17)29(18)27(30)31-16-24-22-10-3-1-8-20(22)21-9-2-4-11-23(21)24/h1-4,8-14,18-19,24H,5-7,15-16H2. The van der Waals surface area contributed by atoms with Crippen molar-refractivity contribution < 1.29 is 9.53 Å². The lowest BCUT2D eigenvalue weighted by molar-refractivity contribution is 0.0539. The fraction of sp³-hybridized carbons (Fsp3) is 0.296. The normalized spacial score (nSPS) is 21.7. The number of hydrogen-bond donors (Lipinski definition) is 0. The molecule has 0 radical (unpaired) electrons. The number of benzene rings is 2. The summed E-state index contributed by atoms with van der Waals surface area (Å²) in [5, 5.41) is 0. The van der Waals surface area contributed by atoms with E-state index in [9.17, 15) is 4.79 Å². The number of carbonyl (C=O) groups excluding carboxylic acids is 1. The van der Waals surface area contributed by atoms with Crippen molar-refractivity contribution in [2.24, 2.45) is 0 Å². The van der Waals surface area contributed by atoms with E-state index in [1.54, 1.807) is 11.3 Å². The van der Waals surface area contributed by atoms with Crippen molar-refractivity contribution in [3.8, 4) is 11.1 Å². The highest BCUT2D eigenvalue weighted by molar-refractivity contribution is 7.17. The fourth-order valence-corrected chi connectivity index (χ4v) is 6.73. The van der Waals surface area contributed by atoms with Crippen LogP contribution in [0.4, 0.5) is 4.79 Å². The SMILES string of the molecule is O=C(OCC1c2ccccc2-c2ccccc21)N1C2C=C(c3ccc(Cl)s3)CC1CCC2. The Labute approximate surface area is 197 Å². The van der Waals surface area contributed by atoms with Crippen LogP contribution in [0, 0.1) is 0 Å². The number of fused-ring (bicyclic) bond motifs is 5. The molecule has 162 valence electrons. The Bertz CT molecular complexity index is 1170. The van der Waals surface area contributed by atoms with Crippen LogP contribution in [0.5, 0.6) is 0 Å². The summed E-state index contributed by atoms with van der Waals surface area (Å²) < 4.78 is 6.81. The molecule has 5 heteroatoms. The topological polar surface area (TPSA) is 29.5 Å². The van der Waals surface area contributed by atoms with E-state index < -0.39 is 0 Å². The van der Waals surface area contributed by atoms with Crippen LogP contribution in [-0.4, -0.2) is 29.7 Å². The van der Waals surface area contributed by atoms with Gasteiger partial charge >= 0.3 is 6.09 Å². The number of thiophene rings is 1. The third-order valence-electron chi connectivity index (χ3n) is 7.07. The molecule has 6 rings (SSSR count). The van der Waals surface area contributed by atoms with Crippen LogP contribution in [0.1, 0.15) is 47.6 Å². The molecule has 3 aromatic rings. The lowest BCUT2D eigenvalue weighted by Gasteiger charge is -2.44. The molecule has 2 atom stereocenters. The molecule has 1 fully saturated rings. The quantitative estimate of drug-likeness (QED) is 0.407. The van der Waals surface area contributed by atoms with Crippen LogP contribution in [0.3, 0.4) is 0 Å². The minimum Gasteiger partial charge on any atom is -0.448 e. The van der Waals surface area contributed by atoms with Gasteiger partial charge in [-0.25, -0.2) is 4.79 Å². The number of nitrogens with zero attached hydrogens (tertiary/aromatic N) is 1. The van der Waals surface area contributed by atoms with E-state index in [-0.39, 0.29) is 24.1 Å².